The van der Waals surface area contributed by atoms with E-state index >= 15 is 0 Å². The number of H-pyrrole nitrogens is 1. The number of anilines is 1. The van der Waals surface area contributed by atoms with Crippen molar-refractivity contribution < 1.29 is 28.6 Å². The molecule has 0 radical (unpaired) electrons. The highest BCUT2D eigenvalue weighted by molar-refractivity contribution is 6.33. The fraction of sp³-hybridized carbons (Fsp3) is 0.200. The molecule has 4 aromatic rings. The van der Waals surface area contributed by atoms with Gasteiger partial charge in [0.25, 0.3) is 11.8 Å². The Bertz CT molecular complexity index is 1590. The van der Waals surface area contributed by atoms with E-state index in [0.717, 1.165) is 16.5 Å². The topological polar surface area (TPSA) is 143 Å². The number of aromatic amines is 1. The summed E-state index contributed by atoms with van der Waals surface area (Å²) in [4.78, 5) is 40.6. The first-order chi connectivity index (χ1) is 20.4. The minimum absolute atomic E-state index is 0.166. The van der Waals surface area contributed by atoms with E-state index in [-0.39, 0.29) is 19.6 Å². The van der Waals surface area contributed by atoms with Crippen molar-refractivity contribution in [2.45, 2.75) is 19.4 Å². The normalized spacial score (nSPS) is 11.6. The molecule has 3 amide bonds. The van der Waals surface area contributed by atoms with E-state index in [2.05, 4.69) is 26.1 Å². The molecule has 1 aromatic heterocycles. The third-order valence-electron chi connectivity index (χ3n) is 6.07. The zero-order chi connectivity index (χ0) is 29.9. The number of nitrogens with zero attached hydrogens (tertiary/aromatic N) is 1. The average Bonchev–Trinajstić information content (AvgIpc) is 3.40. The van der Waals surface area contributed by atoms with E-state index in [1.165, 1.54) is 13.3 Å². The maximum Gasteiger partial charge on any atom is 0.407 e. The van der Waals surface area contributed by atoms with Gasteiger partial charge in [0.2, 0.25) is 0 Å². The van der Waals surface area contributed by atoms with Gasteiger partial charge in [-0.2, -0.15) is 5.10 Å². The molecule has 0 fully saturated rings. The number of hydrazone groups is 1. The summed E-state index contributed by atoms with van der Waals surface area (Å²) in [7, 11) is 1.46. The Kier molecular flexibility index (Phi) is 10.4. The molecule has 3 aromatic carbocycles. The van der Waals surface area contributed by atoms with Crippen LogP contribution in [-0.4, -0.2) is 55.5 Å². The first kappa shape index (κ1) is 29.9. The second-order valence-corrected chi connectivity index (χ2v) is 9.35. The summed E-state index contributed by atoms with van der Waals surface area (Å²) in [5.74, 6) is -0.222. The van der Waals surface area contributed by atoms with Crippen LogP contribution in [0.2, 0.25) is 5.02 Å². The second kappa shape index (κ2) is 14.6. The molecule has 11 nitrogen and oxygen atoms in total. The summed E-state index contributed by atoms with van der Waals surface area (Å²) in [5.41, 5.74) is 5.32. The largest absolute Gasteiger partial charge is 0.493 e. The highest BCUT2D eigenvalue weighted by Gasteiger charge is 2.23. The van der Waals surface area contributed by atoms with Crippen molar-refractivity contribution >= 4 is 52.3 Å². The summed E-state index contributed by atoms with van der Waals surface area (Å²) < 4.78 is 16.0. The van der Waals surface area contributed by atoms with Gasteiger partial charge in [-0.05, 0) is 54.4 Å². The molecule has 42 heavy (non-hydrogen) atoms. The maximum absolute atomic E-state index is 13.0. The summed E-state index contributed by atoms with van der Waals surface area (Å²) >= 11 is 6.08. The Morgan fingerprint density at radius 1 is 1.05 bits per heavy atom. The number of amides is 3. The van der Waals surface area contributed by atoms with Crippen LogP contribution in [0.15, 0.2) is 78.0 Å². The number of ether oxygens (including phenoxy) is 3. The summed E-state index contributed by atoms with van der Waals surface area (Å²) in [6.45, 7) is 1.58. The van der Waals surface area contributed by atoms with Gasteiger partial charge in [0.05, 0.1) is 30.6 Å². The zero-order valence-corrected chi connectivity index (χ0v) is 23.7. The molecule has 0 bridgehead atoms. The molecule has 0 aliphatic carbocycles. The van der Waals surface area contributed by atoms with Crippen LogP contribution in [0.25, 0.3) is 10.9 Å². The Hall–Kier alpha value is -5.03. The number of para-hydroxylation sites is 2. The van der Waals surface area contributed by atoms with E-state index < -0.39 is 23.9 Å². The van der Waals surface area contributed by atoms with Gasteiger partial charge >= 0.3 is 6.09 Å². The molecule has 0 aliphatic heterocycles. The Balaban J connectivity index is 1.38. The van der Waals surface area contributed by atoms with Crippen LogP contribution in [-0.2, 0) is 20.7 Å². The highest BCUT2D eigenvalue weighted by atomic mass is 35.5. The van der Waals surface area contributed by atoms with E-state index in [9.17, 15) is 14.4 Å². The minimum Gasteiger partial charge on any atom is -0.493 e. The molecule has 0 saturated heterocycles. The van der Waals surface area contributed by atoms with Crippen molar-refractivity contribution in [2.24, 2.45) is 5.10 Å². The SMILES string of the molecule is CCOC(=O)N[C@H](Cc1c[nH]c2ccccc12)C(=O)N/N=C\c1ccc(OCC(=O)Nc2ccccc2Cl)c(OC)c1. The van der Waals surface area contributed by atoms with E-state index in [1.54, 1.807) is 55.6 Å². The first-order valence-electron chi connectivity index (χ1n) is 13.0. The molecule has 4 rings (SSSR count). The molecule has 4 N–H and O–H groups in total. The quantitative estimate of drug-likeness (QED) is 0.139. The predicted octanol–water partition coefficient (Wildman–Crippen LogP) is 4.65. The van der Waals surface area contributed by atoms with Crippen molar-refractivity contribution in [2.75, 3.05) is 25.6 Å². The van der Waals surface area contributed by atoms with Gasteiger partial charge < -0.3 is 29.8 Å². The number of carbonyl (C=O) groups excluding carboxylic acids is 3. The van der Waals surface area contributed by atoms with Crippen molar-refractivity contribution in [3.63, 3.8) is 0 Å². The van der Waals surface area contributed by atoms with E-state index in [4.69, 9.17) is 25.8 Å². The summed E-state index contributed by atoms with van der Waals surface area (Å²) in [6, 6.07) is 18.5. The Morgan fingerprint density at radius 3 is 2.62 bits per heavy atom. The number of fused-ring (bicyclic) bond motifs is 1. The van der Waals surface area contributed by atoms with Crippen LogP contribution in [0.4, 0.5) is 10.5 Å². The van der Waals surface area contributed by atoms with Crippen molar-refractivity contribution in [3.05, 3.63) is 89.1 Å². The van der Waals surface area contributed by atoms with Crippen LogP contribution in [0.3, 0.4) is 0 Å². The number of rotatable bonds is 12. The molecule has 0 spiro atoms. The van der Waals surface area contributed by atoms with Crippen molar-refractivity contribution in [1.29, 1.82) is 0 Å². The van der Waals surface area contributed by atoms with Crippen LogP contribution in [0.5, 0.6) is 11.5 Å². The van der Waals surface area contributed by atoms with Gasteiger partial charge in [-0.15, -0.1) is 0 Å². The second-order valence-electron chi connectivity index (χ2n) is 8.94. The Labute approximate surface area is 247 Å². The predicted molar refractivity (Wildman–Crippen MR) is 160 cm³/mol. The maximum atomic E-state index is 13.0. The molecule has 1 heterocycles. The molecule has 1 atom stereocenters. The lowest BCUT2D eigenvalue weighted by atomic mass is 10.0. The molecule has 0 saturated carbocycles. The number of benzene rings is 3. The van der Waals surface area contributed by atoms with Crippen LogP contribution >= 0.6 is 11.6 Å². The van der Waals surface area contributed by atoms with E-state index in [1.807, 2.05) is 24.3 Å². The van der Waals surface area contributed by atoms with Crippen LogP contribution < -0.4 is 25.5 Å². The fourth-order valence-electron chi connectivity index (χ4n) is 4.07. The minimum atomic E-state index is -0.942. The highest BCUT2D eigenvalue weighted by Crippen LogP contribution is 2.28. The molecule has 0 aliphatic rings. The smallest absolute Gasteiger partial charge is 0.407 e. The molecule has 0 unspecified atom stereocenters. The third-order valence-corrected chi connectivity index (χ3v) is 6.40. The molecule has 12 heteroatoms. The van der Waals surface area contributed by atoms with Gasteiger partial charge in [0.1, 0.15) is 6.04 Å². The summed E-state index contributed by atoms with van der Waals surface area (Å²) in [5, 5.41) is 10.7. The number of halogens is 1. The van der Waals surface area contributed by atoms with Crippen molar-refractivity contribution in [1.82, 2.24) is 15.7 Å². The lowest BCUT2D eigenvalue weighted by molar-refractivity contribution is -0.123. The lowest BCUT2D eigenvalue weighted by Gasteiger charge is -2.16. The van der Waals surface area contributed by atoms with Gasteiger partial charge in [0, 0.05) is 23.5 Å². The van der Waals surface area contributed by atoms with Crippen LogP contribution in [0, 0.1) is 0 Å². The lowest BCUT2D eigenvalue weighted by Crippen LogP contribution is -2.47. The monoisotopic (exact) mass is 591 g/mol. The number of methoxy groups -OCH3 is 1. The number of alkyl carbamates (subject to hydrolysis) is 1. The van der Waals surface area contributed by atoms with Gasteiger partial charge in [-0.3, -0.25) is 9.59 Å². The average molecular weight is 592 g/mol. The first-order valence-corrected chi connectivity index (χ1v) is 13.4. The van der Waals surface area contributed by atoms with E-state index in [0.29, 0.717) is 27.8 Å². The van der Waals surface area contributed by atoms with Crippen LogP contribution in [0.1, 0.15) is 18.1 Å². The molecular weight excluding hydrogens is 562 g/mol. The standard InChI is InChI=1S/C30H30ClN5O6/c1-3-41-30(39)35-25(15-20-17-32-23-10-6-4-8-21(20)23)29(38)36-33-16-19-12-13-26(27(14-19)40-2)42-18-28(37)34-24-11-7-5-9-22(24)31/h4-14,16-17,25,32H,3,15,18H2,1-2H3,(H,34,37)(H,35,39)(H,36,38)/b33-16-/t25-/m1/s1. The molecule has 218 valence electrons. The number of aromatic nitrogens is 1. The third kappa shape index (κ3) is 8.01. The fourth-order valence-corrected chi connectivity index (χ4v) is 4.25. The van der Waals surface area contributed by atoms with Crippen molar-refractivity contribution in [3.8, 4) is 11.5 Å². The molecular formula is C30H30ClN5O6. The van der Waals surface area contributed by atoms with Gasteiger partial charge in [0.15, 0.2) is 18.1 Å². The Morgan fingerprint density at radius 2 is 1.83 bits per heavy atom. The summed E-state index contributed by atoms with van der Waals surface area (Å²) in [6.07, 6.45) is 2.73. The number of nitrogens with one attached hydrogen (secondary N) is 4. The number of hydrogen-bond donors (Lipinski definition) is 4. The number of carbonyl (C=O) groups is 3. The van der Waals surface area contributed by atoms with Gasteiger partial charge in [-0.1, -0.05) is 41.9 Å². The van der Waals surface area contributed by atoms with Gasteiger partial charge in [-0.25, -0.2) is 10.2 Å². The number of hydrogen-bond acceptors (Lipinski definition) is 7. The zero-order valence-electron chi connectivity index (χ0n) is 23.0.